The van der Waals surface area contributed by atoms with E-state index in [2.05, 4.69) is 20.2 Å². The summed E-state index contributed by atoms with van der Waals surface area (Å²) in [5.41, 5.74) is 1.33. The van der Waals surface area contributed by atoms with E-state index in [4.69, 9.17) is 28.2 Å². The van der Waals surface area contributed by atoms with Gasteiger partial charge in [-0.15, -0.1) is 0 Å². The van der Waals surface area contributed by atoms with Crippen LogP contribution < -0.4 is 15.8 Å². The molecule has 86 heavy (non-hydrogen) atoms. The molecule has 4 fully saturated rings. The van der Waals surface area contributed by atoms with Crippen molar-refractivity contribution in [1.29, 1.82) is 0 Å². The van der Waals surface area contributed by atoms with Gasteiger partial charge in [-0.3, -0.25) is 33.3 Å². The van der Waals surface area contributed by atoms with Crippen LogP contribution in [0.15, 0.2) is 77.9 Å². The Morgan fingerprint density at radius 3 is 1.97 bits per heavy atom. The average molecular weight is 1240 g/mol. The van der Waals surface area contributed by atoms with E-state index in [1.54, 1.807) is 58.8 Å². The molecular weight excluding hydrogens is 1160 g/mol. The fraction of sp³-hybridized carbons (Fsp3) is 0.547. The van der Waals surface area contributed by atoms with Crippen LogP contribution >= 0.6 is 23.2 Å². The lowest BCUT2D eigenvalue weighted by Crippen LogP contribution is -2.61. The molecular formula is C64H82Cl2N10O9S. The number of hydrogen-bond acceptors (Lipinski definition) is 13. The van der Waals surface area contributed by atoms with Gasteiger partial charge in [0.05, 0.1) is 47.1 Å². The Kier molecular flexibility index (Phi) is 20.3. The number of piperidine rings is 1. The number of anilines is 3. The number of benzene rings is 2. The van der Waals surface area contributed by atoms with Crippen molar-refractivity contribution in [2.75, 3.05) is 68.3 Å². The van der Waals surface area contributed by atoms with E-state index in [1.165, 1.54) is 11.2 Å². The van der Waals surface area contributed by atoms with Crippen molar-refractivity contribution in [2.45, 2.75) is 155 Å². The first kappa shape index (κ1) is 64.0. The molecule has 0 bridgehead atoms. The van der Waals surface area contributed by atoms with Crippen LogP contribution in [0.2, 0.25) is 10.0 Å². The standard InChI is InChI=1S/C64H82Cl2N10O9S/c1-42-51-40-68-62(70-59(51)75(48-18-13-14-19-48)60(82)57(42)43(2)77)69-53-27-26-49(39-67-53)71-28-30-72(31-29-71)54(78)20-11-9-7-8-10-12-21-55(79)73-32-34-74(35-33-73)86(84,85)41-52(63(3,4)5)76-58(44-22-24-46(65)25-23-44)50(45-16-15-17-47(66)36-45)37-64(6,61(76)83)38-56(80)81/h15-17,22-27,36,39-40,48,50,52,58H,7-14,18-21,28-35,37-38,41H2,1-6H3,(H,80,81)(H,67,68,69,70)/t50-,52-,58-,64-/m1/s1. The first-order valence-corrected chi connectivity index (χ1v) is 32.8. The molecule has 1 aliphatic carbocycles. The van der Waals surface area contributed by atoms with E-state index in [9.17, 15) is 37.5 Å². The molecule has 1 saturated carbocycles. The van der Waals surface area contributed by atoms with Crippen LogP contribution in [-0.4, -0.2) is 146 Å². The number of rotatable bonds is 22. The van der Waals surface area contributed by atoms with Crippen LogP contribution in [0.3, 0.4) is 0 Å². The Balaban J connectivity index is 0.699. The lowest BCUT2D eigenvalue weighted by molar-refractivity contribution is -0.162. The highest BCUT2D eigenvalue weighted by Gasteiger charge is 2.55. The van der Waals surface area contributed by atoms with Gasteiger partial charge in [0.15, 0.2) is 5.78 Å². The number of fused-ring (bicyclic) bond motifs is 1. The summed E-state index contributed by atoms with van der Waals surface area (Å²) < 4.78 is 32.4. The van der Waals surface area contributed by atoms with E-state index in [-0.39, 0.29) is 67.4 Å². The number of ketones is 1. The average Bonchev–Trinajstić information content (AvgIpc) is 1.04. The lowest BCUT2D eigenvalue weighted by Gasteiger charge is -2.54. The second-order valence-electron chi connectivity index (χ2n) is 25.3. The van der Waals surface area contributed by atoms with Crippen LogP contribution in [0.25, 0.3) is 11.0 Å². The minimum atomic E-state index is -4.03. The highest BCUT2D eigenvalue weighted by atomic mass is 35.5. The van der Waals surface area contributed by atoms with Crippen molar-refractivity contribution in [1.82, 2.24) is 38.5 Å². The molecule has 19 nitrogen and oxygen atoms in total. The number of carbonyl (C=O) groups excluding carboxylic acids is 4. The second kappa shape index (κ2) is 27.3. The van der Waals surface area contributed by atoms with Crippen molar-refractivity contribution in [3.63, 3.8) is 0 Å². The zero-order valence-electron chi connectivity index (χ0n) is 50.4. The van der Waals surface area contributed by atoms with Crippen molar-refractivity contribution in [3.8, 4) is 0 Å². The molecule has 4 aliphatic rings. The fourth-order valence-electron chi connectivity index (χ4n) is 13.4. The van der Waals surface area contributed by atoms with Crippen molar-refractivity contribution in [3.05, 3.63) is 116 Å². The number of unbranched alkanes of at least 4 members (excludes halogenated alkanes) is 5. The number of nitrogens with zero attached hydrogens (tertiary/aromatic N) is 9. The van der Waals surface area contributed by atoms with Crippen molar-refractivity contribution >= 4 is 91.2 Å². The summed E-state index contributed by atoms with van der Waals surface area (Å²) in [7, 11) is -4.03. The number of nitrogens with one attached hydrogen (secondary N) is 1. The van der Waals surface area contributed by atoms with Crippen LogP contribution in [0, 0.1) is 17.8 Å². The predicted molar refractivity (Wildman–Crippen MR) is 335 cm³/mol. The number of amides is 3. The predicted octanol–water partition coefficient (Wildman–Crippen LogP) is 10.8. The molecule has 3 aliphatic heterocycles. The van der Waals surface area contributed by atoms with Gasteiger partial charge in [-0.1, -0.05) is 114 Å². The number of piperazine rings is 2. The normalized spacial score (nSPS) is 20.4. The minimum absolute atomic E-state index is 0.0115. The Hall–Kier alpha value is -6.48. The number of carboxylic acids is 1. The number of likely N-dealkylation sites (tertiary alicyclic amines) is 1. The van der Waals surface area contributed by atoms with E-state index >= 15 is 4.79 Å². The minimum Gasteiger partial charge on any atom is -0.481 e. The first-order chi connectivity index (χ1) is 40.9. The molecule has 3 saturated heterocycles. The molecule has 0 spiro atoms. The van der Waals surface area contributed by atoms with E-state index in [0.29, 0.717) is 83.8 Å². The number of Topliss-reactive ketones (excluding diaryl/α,β-unsaturated/α-hetero) is 1. The third-order valence-corrected chi connectivity index (χ3v) is 20.5. The number of aromatic nitrogens is 4. The molecule has 22 heteroatoms. The lowest BCUT2D eigenvalue weighted by atomic mass is 9.66. The Bertz CT molecular complexity index is 3470. The maximum Gasteiger partial charge on any atom is 0.304 e. The largest absolute Gasteiger partial charge is 0.481 e. The maximum absolute atomic E-state index is 15.1. The third kappa shape index (κ3) is 14.7. The van der Waals surface area contributed by atoms with Crippen LogP contribution in [0.5, 0.6) is 0 Å². The Labute approximate surface area is 514 Å². The molecule has 0 radical (unpaired) electrons. The number of carboxylic acid groups (broad SMARTS) is 1. The van der Waals surface area contributed by atoms with Crippen LogP contribution in [-0.2, 0) is 29.2 Å². The van der Waals surface area contributed by atoms with Gasteiger partial charge in [-0.25, -0.2) is 18.4 Å². The summed E-state index contributed by atoms with van der Waals surface area (Å²) in [6.45, 7) is 13.9. The van der Waals surface area contributed by atoms with Crippen molar-refractivity contribution < 1.29 is 37.5 Å². The molecule has 9 rings (SSSR count). The summed E-state index contributed by atoms with van der Waals surface area (Å²) in [5.74, 6) is -1.68. The quantitative estimate of drug-likeness (QED) is 0.0485. The van der Waals surface area contributed by atoms with Gasteiger partial charge in [0.1, 0.15) is 11.5 Å². The number of carbonyl (C=O) groups is 5. The molecule has 2 N–H and O–H groups in total. The number of pyridine rings is 2. The fourth-order valence-corrected chi connectivity index (χ4v) is 15.7. The maximum atomic E-state index is 15.1. The molecule has 2 aromatic carbocycles. The van der Waals surface area contributed by atoms with Gasteiger partial charge in [0.25, 0.3) is 5.56 Å². The van der Waals surface area contributed by atoms with Crippen molar-refractivity contribution in [2.24, 2.45) is 10.8 Å². The SMILES string of the molecule is CC(=O)c1c(C)c2cnc(Nc3ccc(N4CCN(C(=O)CCCCCCCCC(=O)N5CCN(S(=O)(=O)C[C@@H](N6C(=O)[C@@](C)(CC(=O)O)C[C@H](c7cccc(Cl)c7)[C@H]6c6ccc(Cl)cc6)C(C)(C)C)CC5)CC4)cn3)nc2n(C2CCCC2)c1=O. The zero-order valence-corrected chi connectivity index (χ0v) is 52.7. The summed E-state index contributed by atoms with van der Waals surface area (Å²) in [6, 6.07) is 16.7. The first-order valence-electron chi connectivity index (χ1n) is 30.4. The topological polar surface area (TPSA) is 229 Å². The number of aliphatic carboxylic acids is 1. The van der Waals surface area contributed by atoms with Gasteiger partial charge >= 0.3 is 5.97 Å². The Morgan fingerprint density at radius 1 is 0.779 bits per heavy atom. The molecule has 3 amide bonds. The molecule has 3 aromatic heterocycles. The number of hydrogen-bond donors (Lipinski definition) is 2. The number of halogens is 2. The monoisotopic (exact) mass is 1240 g/mol. The van der Waals surface area contributed by atoms with Gasteiger partial charge in [0, 0.05) is 98.8 Å². The summed E-state index contributed by atoms with van der Waals surface area (Å²) >= 11 is 12.9. The van der Waals surface area contributed by atoms with E-state index in [0.717, 1.165) is 74.6 Å². The number of sulfonamides is 1. The Morgan fingerprint density at radius 2 is 1.40 bits per heavy atom. The summed E-state index contributed by atoms with van der Waals surface area (Å²) in [5, 5.41) is 15.0. The highest BCUT2D eigenvalue weighted by molar-refractivity contribution is 7.89. The van der Waals surface area contributed by atoms with Gasteiger partial charge < -0.3 is 30.0 Å². The zero-order chi connectivity index (χ0) is 61.7. The van der Waals surface area contributed by atoms with E-state index < -0.39 is 62.9 Å². The molecule has 4 atom stereocenters. The smallest absolute Gasteiger partial charge is 0.304 e. The highest BCUT2D eigenvalue weighted by Crippen LogP contribution is 2.53. The summed E-state index contributed by atoms with van der Waals surface area (Å²) in [4.78, 5) is 102. The second-order valence-corrected chi connectivity index (χ2v) is 28.1. The third-order valence-electron chi connectivity index (χ3n) is 18.1. The van der Waals surface area contributed by atoms with Gasteiger partial charge in [0.2, 0.25) is 33.7 Å². The summed E-state index contributed by atoms with van der Waals surface area (Å²) in [6.07, 6.45) is 13.0. The number of aryl methyl sites for hydroxylation is 1. The van der Waals surface area contributed by atoms with Gasteiger partial charge in [-0.2, -0.15) is 9.29 Å². The molecule has 5 aromatic rings. The molecule has 0 unspecified atom stereocenters. The van der Waals surface area contributed by atoms with Gasteiger partial charge in [-0.05, 0) is 104 Å². The van der Waals surface area contributed by atoms with Crippen LogP contribution in [0.4, 0.5) is 17.5 Å². The van der Waals surface area contributed by atoms with E-state index in [1.807, 2.05) is 68.1 Å². The molecule has 6 heterocycles. The molecule has 462 valence electrons. The van der Waals surface area contributed by atoms with Crippen LogP contribution in [0.1, 0.15) is 170 Å².